The van der Waals surface area contributed by atoms with Crippen LogP contribution in [0.2, 0.25) is 0 Å². The number of aryl methyl sites for hydroxylation is 1. The van der Waals surface area contributed by atoms with Gasteiger partial charge in [0.05, 0.1) is 5.69 Å². The second kappa shape index (κ2) is 6.20. The fraction of sp³-hybridized carbons (Fsp3) is 0.105. The molecule has 0 aliphatic carbocycles. The van der Waals surface area contributed by atoms with Gasteiger partial charge in [0.2, 0.25) is 0 Å². The number of aromatic hydroxyl groups is 1. The third-order valence-corrected chi connectivity index (χ3v) is 3.80. The molecule has 122 valence electrons. The maximum atomic E-state index is 14.0. The van der Waals surface area contributed by atoms with E-state index in [1.54, 1.807) is 43.3 Å². The number of anilines is 1. The lowest BCUT2D eigenvalue weighted by Gasteiger charge is -2.19. The monoisotopic (exact) mass is 325 g/mol. The van der Waals surface area contributed by atoms with Crippen molar-refractivity contribution in [1.82, 2.24) is 0 Å². The van der Waals surface area contributed by atoms with Crippen LogP contribution in [0.25, 0.3) is 11.3 Å². The van der Waals surface area contributed by atoms with Gasteiger partial charge in [0.15, 0.2) is 5.76 Å². The molecule has 0 radical (unpaired) electrons. The molecule has 0 atom stereocenters. The Labute approximate surface area is 138 Å². The van der Waals surface area contributed by atoms with Crippen molar-refractivity contribution in [2.24, 2.45) is 0 Å². The summed E-state index contributed by atoms with van der Waals surface area (Å²) in [4.78, 5) is 13.8. The van der Waals surface area contributed by atoms with Crippen LogP contribution in [0.4, 0.5) is 10.1 Å². The molecular formula is C19H16FNO3. The minimum absolute atomic E-state index is 0.114. The molecule has 0 unspecified atom stereocenters. The van der Waals surface area contributed by atoms with Gasteiger partial charge in [-0.15, -0.1) is 0 Å². The Morgan fingerprint density at radius 3 is 2.46 bits per heavy atom. The second-order valence-corrected chi connectivity index (χ2v) is 5.48. The Balaban J connectivity index is 1.89. The number of carbonyl (C=O) groups is 1. The first-order valence-electron chi connectivity index (χ1n) is 7.40. The lowest BCUT2D eigenvalue weighted by molar-refractivity contribution is 0.0966. The molecule has 0 bridgehead atoms. The van der Waals surface area contributed by atoms with E-state index in [4.69, 9.17) is 4.42 Å². The van der Waals surface area contributed by atoms with Crippen LogP contribution in [-0.4, -0.2) is 18.1 Å². The molecule has 5 heteroatoms. The average Bonchev–Trinajstić information content (AvgIpc) is 3.04. The Bertz CT molecular complexity index is 864. The van der Waals surface area contributed by atoms with E-state index in [9.17, 15) is 14.3 Å². The zero-order chi connectivity index (χ0) is 17.3. The Morgan fingerprint density at radius 1 is 1.08 bits per heavy atom. The Hall–Kier alpha value is -3.08. The Kier molecular flexibility index (Phi) is 4.08. The third-order valence-electron chi connectivity index (χ3n) is 3.80. The lowest BCUT2D eigenvalue weighted by Crippen LogP contribution is -2.27. The highest BCUT2D eigenvalue weighted by Gasteiger charge is 2.21. The van der Waals surface area contributed by atoms with Gasteiger partial charge in [-0.1, -0.05) is 12.1 Å². The molecule has 0 saturated heterocycles. The van der Waals surface area contributed by atoms with Crippen LogP contribution < -0.4 is 4.90 Å². The molecule has 3 rings (SSSR count). The molecule has 0 fully saturated rings. The van der Waals surface area contributed by atoms with Crippen molar-refractivity contribution >= 4 is 11.6 Å². The number of halogens is 1. The number of phenolic OH excluding ortho intramolecular Hbond substituents is 1. The summed E-state index contributed by atoms with van der Waals surface area (Å²) in [6.45, 7) is 1.74. The molecule has 24 heavy (non-hydrogen) atoms. The molecule has 1 aromatic heterocycles. The fourth-order valence-corrected chi connectivity index (χ4v) is 2.55. The van der Waals surface area contributed by atoms with Crippen molar-refractivity contribution in [2.75, 3.05) is 11.9 Å². The van der Waals surface area contributed by atoms with Gasteiger partial charge in [0, 0.05) is 12.6 Å². The van der Waals surface area contributed by atoms with Crippen molar-refractivity contribution in [2.45, 2.75) is 6.92 Å². The van der Waals surface area contributed by atoms with Crippen LogP contribution in [0, 0.1) is 12.7 Å². The third kappa shape index (κ3) is 2.88. The number of para-hydroxylation sites is 1. The lowest BCUT2D eigenvalue weighted by atomic mass is 10.1. The smallest absolute Gasteiger partial charge is 0.293 e. The molecule has 1 heterocycles. The van der Waals surface area contributed by atoms with E-state index < -0.39 is 11.7 Å². The first kappa shape index (κ1) is 15.8. The van der Waals surface area contributed by atoms with E-state index in [0.29, 0.717) is 11.3 Å². The number of hydrogen-bond donors (Lipinski definition) is 1. The predicted molar refractivity (Wildman–Crippen MR) is 89.7 cm³/mol. The van der Waals surface area contributed by atoms with Gasteiger partial charge in [0.1, 0.15) is 17.3 Å². The molecule has 2 aromatic carbocycles. The molecule has 0 aliphatic rings. The quantitative estimate of drug-likeness (QED) is 0.777. The van der Waals surface area contributed by atoms with Crippen LogP contribution in [0.5, 0.6) is 5.75 Å². The van der Waals surface area contributed by atoms with Crippen LogP contribution >= 0.6 is 0 Å². The van der Waals surface area contributed by atoms with Gasteiger partial charge >= 0.3 is 0 Å². The largest absolute Gasteiger partial charge is 0.508 e. The summed E-state index contributed by atoms with van der Waals surface area (Å²) in [6, 6.07) is 14.3. The van der Waals surface area contributed by atoms with Gasteiger partial charge < -0.3 is 14.4 Å². The van der Waals surface area contributed by atoms with Gasteiger partial charge in [-0.2, -0.15) is 0 Å². The summed E-state index contributed by atoms with van der Waals surface area (Å²) >= 11 is 0. The number of furan rings is 1. The molecule has 4 nitrogen and oxygen atoms in total. The molecular weight excluding hydrogens is 309 g/mol. The van der Waals surface area contributed by atoms with Gasteiger partial charge in [-0.3, -0.25) is 4.79 Å². The number of benzene rings is 2. The Morgan fingerprint density at radius 2 is 1.79 bits per heavy atom. The zero-order valence-electron chi connectivity index (χ0n) is 13.3. The number of hydrogen-bond acceptors (Lipinski definition) is 3. The van der Waals surface area contributed by atoms with Crippen molar-refractivity contribution in [3.8, 4) is 17.1 Å². The molecule has 0 spiro atoms. The fourth-order valence-electron chi connectivity index (χ4n) is 2.55. The van der Waals surface area contributed by atoms with E-state index in [-0.39, 0.29) is 17.2 Å². The highest BCUT2D eigenvalue weighted by molar-refractivity contribution is 6.04. The van der Waals surface area contributed by atoms with E-state index in [1.165, 1.54) is 30.1 Å². The normalized spacial score (nSPS) is 10.6. The van der Waals surface area contributed by atoms with E-state index in [2.05, 4.69) is 0 Å². The van der Waals surface area contributed by atoms with E-state index >= 15 is 0 Å². The maximum absolute atomic E-state index is 14.0. The highest BCUT2D eigenvalue weighted by atomic mass is 19.1. The molecule has 3 aromatic rings. The number of rotatable bonds is 3. The molecule has 0 aliphatic heterocycles. The topological polar surface area (TPSA) is 53.7 Å². The summed E-state index contributed by atoms with van der Waals surface area (Å²) in [5, 5.41) is 9.32. The molecule has 1 amide bonds. The molecule has 1 N–H and O–H groups in total. The zero-order valence-corrected chi connectivity index (χ0v) is 13.3. The summed E-state index contributed by atoms with van der Waals surface area (Å²) in [7, 11) is 1.51. The summed E-state index contributed by atoms with van der Waals surface area (Å²) in [5.41, 5.74) is 1.62. The SMILES string of the molecule is Cc1cccc(F)c1N(C)C(=O)c1ccc(-c2ccc(O)cc2)o1. The minimum Gasteiger partial charge on any atom is -0.508 e. The molecule has 0 saturated carbocycles. The van der Waals surface area contributed by atoms with Crippen LogP contribution in [-0.2, 0) is 0 Å². The minimum atomic E-state index is -0.462. The van der Waals surface area contributed by atoms with Crippen molar-refractivity contribution < 1.29 is 18.7 Å². The number of phenols is 1. The average molecular weight is 325 g/mol. The number of amides is 1. The second-order valence-electron chi connectivity index (χ2n) is 5.48. The van der Waals surface area contributed by atoms with Crippen LogP contribution in [0.15, 0.2) is 59.0 Å². The van der Waals surface area contributed by atoms with Gasteiger partial charge in [-0.05, 0) is 55.0 Å². The standard InChI is InChI=1S/C19H16FNO3/c1-12-4-3-5-15(20)18(12)21(2)19(23)17-11-10-16(24-17)13-6-8-14(22)9-7-13/h3-11,22H,1-2H3. The van der Waals surface area contributed by atoms with Crippen molar-refractivity contribution in [3.63, 3.8) is 0 Å². The van der Waals surface area contributed by atoms with Gasteiger partial charge in [0.25, 0.3) is 5.91 Å². The van der Waals surface area contributed by atoms with Crippen LogP contribution in [0.1, 0.15) is 16.1 Å². The first-order valence-corrected chi connectivity index (χ1v) is 7.40. The summed E-state index contributed by atoms with van der Waals surface area (Å²) < 4.78 is 19.6. The van der Waals surface area contributed by atoms with E-state index in [1.807, 2.05) is 0 Å². The van der Waals surface area contributed by atoms with Crippen molar-refractivity contribution in [3.05, 3.63) is 71.7 Å². The highest BCUT2D eigenvalue weighted by Crippen LogP contribution is 2.27. The predicted octanol–water partition coefficient (Wildman–Crippen LogP) is 4.38. The van der Waals surface area contributed by atoms with Crippen LogP contribution in [0.3, 0.4) is 0 Å². The van der Waals surface area contributed by atoms with Crippen molar-refractivity contribution in [1.29, 1.82) is 0 Å². The summed E-state index contributed by atoms with van der Waals surface area (Å²) in [5.74, 6) is -0.138. The maximum Gasteiger partial charge on any atom is 0.293 e. The van der Waals surface area contributed by atoms with E-state index in [0.717, 1.165) is 5.56 Å². The van der Waals surface area contributed by atoms with Gasteiger partial charge in [-0.25, -0.2) is 4.39 Å². The number of nitrogens with zero attached hydrogens (tertiary/aromatic N) is 1. The number of carbonyl (C=O) groups excluding carboxylic acids is 1. The summed E-state index contributed by atoms with van der Waals surface area (Å²) in [6.07, 6.45) is 0. The first-order chi connectivity index (χ1) is 11.5.